The van der Waals surface area contributed by atoms with E-state index in [9.17, 15) is 9.18 Å². The quantitative estimate of drug-likeness (QED) is 0.566. The van der Waals surface area contributed by atoms with Crippen LogP contribution in [0.25, 0.3) is 16.9 Å². The fourth-order valence-electron chi connectivity index (χ4n) is 4.05. The van der Waals surface area contributed by atoms with Gasteiger partial charge < -0.3 is 9.88 Å². The van der Waals surface area contributed by atoms with Crippen molar-refractivity contribution in [1.82, 2.24) is 29.6 Å². The summed E-state index contributed by atoms with van der Waals surface area (Å²) in [5.41, 5.74) is 2.85. The number of likely N-dealkylation sites (tertiary alicyclic amines) is 1. The maximum absolute atomic E-state index is 13.4. The van der Waals surface area contributed by atoms with Gasteiger partial charge in [-0.25, -0.2) is 19.0 Å². The molecule has 0 unspecified atom stereocenters. The minimum atomic E-state index is -0.278. The number of hydrogen-bond acceptors (Lipinski definition) is 4. The van der Waals surface area contributed by atoms with E-state index in [1.54, 1.807) is 23.1 Å². The number of imidazole rings is 1. The van der Waals surface area contributed by atoms with Gasteiger partial charge in [-0.3, -0.25) is 4.79 Å². The number of benzene rings is 1. The van der Waals surface area contributed by atoms with E-state index in [1.165, 1.54) is 12.1 Å². The Morgan fingerprint density at radius 1 is 1.20 bits per heavy atom. The van der Waals surface area contributed by atoms with Crippen LogP contribution >= 0.6 is 0 Å². The average Bonchev–Trinajstić information content (AvgIpc) is 3.37. The highest BCUT2D eigenvalue weighted by Crippen LogP contribution is 2.29. The lowest BCUT2D eigenvalue weighted by molar-refractivity contribution is 0.0710. The van der Waals surface area contributed by atoms with E-state index in [1.807, 2.05) is 30.0 Å². The molecule has 1 aromatic carbocycles. The number of carbonyl (C=O) groups excluding carboxylic acids is 1. The van der Waals surface area contributed by atoms with Crippen molar-refractivity contribution < 1.29 is 9.18 Å². The summed E-state index contributed by atoms with van der Waals surface area (Å²) in [5, 5.41) is 4.36. The first-order valence-corrected chi connectivity index (χ1v) is 10.0. The van der Waals surface area contributed by atoms with Gasteiger partial charge in [0.05, 0.1) is 28.5 Å². The van der Waals surface area contributed by atoms with Gasteiger partial charge in [0.25, 0.3) is 5.91 Å². The Hall–Kier alpha value is -3.55. The van der Waals surface area contributed by atoms with Crippen LogP contribution in [0.1, 0.15) is 40.6 Å². The first kappa shape index (κ1) is 18.5. The summed E-state index contributed by atoms with van der Waals surface area (Å²) < 4.78 is 15.1. The van der Waals surface area contributed by atoms with Crippen molar-refractivity contribution in [3.05, 3.63) is 71.7 Å². The Labute approximate surface area is 172 Å². The summed E-state index contributed by atoms with van der Waals surface area (Å²) in [5.74, 6) is 1.48. The second kappa shape index (κ2) is 7.37. The SMILES string of the molecule is Cc1c(C(=O)N2CCC(c3nc4ccc(F)cc4[nH]3)CC2)cnn1-c1ccccn1. The number of fused-ring (bicyclic) bond motifs is 1. The highest BCUT2D eigenvalue weighted by molar-refractivity contribution is 5.95. The first-order valence-electron chi connectivity index (χ1n) is 10.0. The zero-order chi connectivity index (χ0) is 20.7. The molecule has 0 atom stereocenters. The third-order valence-corrected chi connectivity index (χ3v) is 5.74. The van der Waals surface area contributed by atoms with E-state index >= 15 is 0 Å². The fourth-order valence-corrected chi connectivity index (χ4v) is 4.05. The molecule has 4 heterocycles. The van der Waals surface area contributed by atoms with Gasteiger partial charge in [0.1, 0.15) is 11.6 Å². The van der Waals surface area contributed by atoms with Crippen LogP contribution in [0.2, 0.25) is 0 Å². The van der Waals surface area contributed by atoms with E-state index in [0.717, 1.165) is 29.9 Å². The molecule has 30 heavy (non-hydrogen) atoms. The molecule has 4 aromatic rings. The van der Waals surface area contributed by atoms with Gasteiger partial charge in [0.2, 0.25) is 0 Å². The Morgan fingerprint density at radius 2 is 2.03 bits per heavy atom. The van der Waals surface area contributed by atoms with Crippen molar-refractivity contribution in [2.45, 2.75) is 25.7 Å². The molecule has 7 nitrogen and oxygen atoms in total. The normalized spacial score (nSPS) is 15.1. The summed E-state index contributed by atoms with van der Waals surface area (Å²) in [7, 11) is 0. The molecule has 1 amide bonds. The van der Waals surface area contributed by atoms with Gasteiger partial charge in [-0.05, 0) is 50.1 Å². The van der Waals surface area contributed by atoms with Crippen molar-refractivity contribution in [1.29, 1.82) is 0 Å². The first-order chi connectivity index (χ1) is 14.6. The third-order valence-electron chi connectivity index (χ3n) is 5.74. The molecule has 0 saturated carbocycles. The van der Waals surface area contributed by atoms with Crippen molar-refractivity contribution in [2.24, 2.45) is 0 Å². The molecular weight excluding hydrogens is 383 g/mol. The number of piperidine rings is 1. The Kier molecular flexibility index (Phi) is 4.54. The predicted molar refractivity (Wildman–Crippen MR) is 110 cm³/mol. The van der Waals surface area contributed by atoms with Crippen LogP contribution in [0.3, 0.4) is 0 Å². The second-order valence-electron chi connectivity index (χ2n) is 7.59. The topological polar surface area (TPSA) is 79.7 Å². The van der Waals surface area contributed by atoms with Crippen molar-refractivity contribution in [3.63, 3.8) is 0 Å². The molecule has 0 spiro atoms. The summed E-state index contributed by atoms with van der Waals surface area (Å²) in [6, 6.07) is 10.2. The highest BCUT2D eigenvalue weighted by Gasteiger charge is 2.28. The smallest absolute Gasteiger partial charge is 0.257 e. The molecule has 1 saturated heterocycles. The van der Waals surface area contributed by atoms with Crippen LogP contribution in [0.4, 0.5) is 4.39 Å². The van der Waals surface area contributed by atoms with Crippen LogP contribution in [0.15, 0.2) is 48.8 Å². The number of H-pyrrole nitrogens is 1. The minimum absolute atomic E-state index is 0.0141. The highest BCUT2D eigenvalue weighted by atomic mass is 19.1. The molecule has 1 aliphatic heterocycles. The largest absolute Gasteiger partial charge is 0.342 e. The number of nitrogens with zero attached hydrogens (tertiary/aromatic N) is 5. The average molecular weight is 404 g/mol. The lowest BCUT2D eigenvalue weighted by Crippen LogP contribution is -2.38. The molecule has 8 heteroatoms. The zero-order valence-electron chi connectivity index (χ0n) is 16.5. The van der Waals surface area contributed by atoms with Gasteiger partial charge >= 0.3 is 0 Å². The molecule has 152 valence electrons. The fraction of sp³-hybridized carbons (Fsp3) is 0.273. The number of pyridine rings is 1. The van der Waals surface area contributed by atoms with E-state index in [0.29, 0.717) is 30.0 Å². The van der Waals surface area contributed by atoms with Crippen LogP contribution in [-0.2, 0) is 0 Å². The molecule has 0 aliphatic carbocycles. The summed E-state index contributed by atoms with van der Waals surface area (Å²) >= 11 is 0. The van der Waals surface area contributed by atoms with Gasteiger partial charge in [0.15, 0.2) is 5.82 Å². The van der Waals surface area contributed by atoms with Gasteiger partial charge in [-0.15, -0.1) is 0 Å². The second-order valence-corrected chi connectivity index (χ2v) is 7.59. The Bertz CT molecular complexity index is 1210. The van der Waals surface area contributed by atoms with Crippen LogP contribution < -0.4 is 0 Å². The standard InChI is InChI=1S/C22H21FN6O/c1-14-17(13-25-29(14)20-4-2-3-9-24-20)22(30)28-10-7-15(8-11-28)21-26-18-6-5-16(23)12-19(18)27-21/h2-6,9,12-13,15H,7-8,10-11H2,1H3,(H,26,27). The lowest BCUT2D eigenvalue weighted by Gasteiger charge is -2.31. The molecule has 0 bridgehead atoms. The lowest BCUT2D eigenvalue weighted by atomic mass is 9.95. The monoisotopic (exact) mass is 404 g/mol. The van der Waals surface area contributed by atoms with Gasteiger partial charge in [-0.1, -0.05) is 6.07 Å². The molecule has 5 rings (SSSR count). The van der Waals surface area contributed by atoms with Gasteiger partial charge in [0, 0.05) is 25.2 Å². The number of aromatic amines is 1. The molecule has 3 aromatic heterocycles. The van der Waals surface area contributed by atoms with Gasteiger partial charge in [-0.2, -0.15) is 5.10 Å². The van der Waals surface area contributed by atoms with Crippen molar-refractivity contribution in [2.75, 3.05) is 13.1 Å². The number of carbonyl (C=O) groups is 1. The van der Waals surface area contributed by atoms with Crippen molar-refractivity contribution in [3.8, 4) is 5.82 Å². The number of amides is 1. The molecule has 1 aliphatic rings. The number of aromatic nitrogens is 5. The molecule has 0 radical (unpaired) electrons. The summed E-state index contributed by atoms with van der Waals surface area (Å²) in [6.45, 7) is 3.17. The van der Waals surface area contributed by atoms with E-state index in [-0.39, 0.29) is 17.6 Å². The number of halogens is 1. The summed E-state index contributed by atoms with van der Waals surface area (Å²) in [6.07, 6.45) is 4.93. The maximum Gasteiger partial charge on any atom is 0.257 e. The third kappa shape index (κ3) is 3.24. The maximum atomic E-state index is 13.4. The van der Waals surface area contributed by atoms with E-state index in [4.69, 9.17) is 0 Å². The van der Waals surface area contributed by atoms with Crippen LogP contribution in [0.5, 0.6) is 0 Å². The number of nitrogens with one attached hydrogen (secondary N) is 1. The van der Waals surface area contributed by atoms with Crippen molar-refractivity contribution >= 4 is 16.9 Å². The van der Waals surface area contributed by atoms with E-state index in [2.05, 4.69) is 20.1 Å². The molecule has 1 N–H and O–H groups in total. The minimum Gasteiger partial charge on any atom is -0.342 e. The van der Waals surface area contributed by atoms with Crippen LogP contribution in [-0.4, -0.2) is 48.6 Å². The molecule has 1 fully saturated rings. The summed E-state index contributed by atoms with van der Waals surface area (Å²) in [4.78, 5) is 27.1. The van der Waals surface area contributed by atoms with Crippen LogP contribution in [0, 0.1) is 12.7 Å². The predicted octanol–water partition coefficient (Wildman–Crippen LogP) is 3.61. The van der Waals surface area contributed by atoms with E-state index < -0.39 is 0 Å². The molecular formula is C22H21FN6O. The number of rotatable bonds is 3. The Balaban J connectivity index is 1.29. The number of hydrogen-bond donors (Lipinski definition) is 1. The zero-order valence-corrected chi connectivity index (χ0v) is 16.5. The Morgan fingerprint density at radius 3 is 2.80 bits per heavy atom.